The predicted molar refractivity (Wildman–Crippen MR) is 106 cm³/mol. The summed E-state index contributed by atoms with van der Waals surface area (Å²) in [6.45, 7) is 4.82. The van der Waals surface area contributed by atoms with Crippen LogP contribution in [-0.2, 0) is 27.2 Å². The summed E-state index contributed by atoms with van der Waals surface area (Å²) in [6.07, 6.45) is 0.695. The van der Waals surface area contributed by atoms with Gasteiger partial charge in [-0.25, -0.2) is 9.78 Å². The van der Waals surface area contributed by atoms with E-state index in [0.29, 0.717) is 34.9 Å². The smallest absolute Gasteiger partial charge is 0.413 e. The van der Waals surface area contributed by atoms with E-state index in [4.69, 9.17) is 4.74 Å². The van der Waals surface area contributed by atoms with Crippen LogP contribution >= 0.6 is 23.1 Å². The number of amides is 2. The molecule has 0 saturated carbocycles. The van der Waals surface area contributed by atoms with E-state index in [2.05, 4.69) is 15.0 Å². The van der Waals surface area contributed by atoms with Crippen LogP contribution in [0.25, 0.3) is 10.2 Å². The van der Waals surface area contributed by atoms with Gasteiger partial charge in [-0.15, -0.1) is 11.3 Å². The zero-order valence-corrected chi connectivity index (χ0v) is 17.2. The zero-order valence-electron chi connectivity index (χ0n) is 15.6. The number of hydrogen-bond acceptors (Lipinski definition) is 8. The Hall–Kier alpha value is -1.91. The first-order valence-corrected chi connectivity index (χ1v) is 10.4. The number of thiophene rings is 1. The molecule has 0 aliphatic rings. The maximum absolute atomic E-state index is 12.9. The zero-order chi connectivity index (χ0) is 19.8. The molecule has 0 radical (unpaired) electrons. The number of methoxy groups -OCH3 is 1. The Bertz CT molecular complexity index is 862. The van der Waals surface area contributed by atoms with Crippen LogP contribution in [0.15, 0.2) is 16.0 Å². The molecule has 0 atom stereocenters. The summed E-state index contributed by atoms with van der Waals surface area (Å²) in [4.78, 5) is 42.4. The fourth-order valence-electron chi connectivity index (χ4n) is 2.34. The lowest BCUT2D eigenvalue weighted by atomic mass is 10.3. The molecule has 2 aromatic heterocycles. The van der Waals surface area contributed by atoms with Crippen molar-refractivity contribution in [1.29, 1.82) is 0 Å². The highest BCUT2D eigenvalue weighted by Crippen LogP contribution is 2.25. The van der Waals surface area contributed by atoms with Crippen molar-refractivity contribution in [3.63, 3.8) is 0 Å². The standard InChI is InChI=1S/C17H23N3O5S2/c1-4-11-9-12-14(27-11)19-16(20(15(12)22)7-6-8-24-3)26-10-13(21)18-17(23)25-5-2/h9H,4-8,10H2,1-3H3,(H,18,21,23). The second-order valence-corrected chi connectivity index (χ2v) is 7.60. The Kier molecular flexibility index (Phi) is 8.26. The van der Waals surface area contributed by atoms with E-state index < -0.39 is 12.0 Å². The van der Waals surface area contributed by atoms with Crippen molar-refractivity contribution in [2.45, 2.75) is 38.4 Å². The number of carbonyl (C=O) groups excluding carboxylic acids is 2. The fourth-order valence-corrected chi connectivity index (χ4v) is 4.18. The minimum absolute atomic E-state index is 0.0486. The highest BCUT2D eigenvalue weighted by molar-refractivity contribution is 7.99. The average molecular weight is 414 g/mol. The number of ether oxygens (including phenoxy) is 2. The minimum atomic E-state index is -0.783. The third kappa shape index (κ3) is 5.78. The minimum Gasteiger partial charge on any atom is -0.450 e. The first kappa shape index (κ1) is 21.4. The molecule has 0 aromatic carbocycles. The second kappa shape index (κ2) is 10.4. The molecule has 0 fully saturated rings. The molecule has 27 heavy (non-hydrogen) atoms. The number of thioether (sulfide) groups is 1. The van der Waals surface area contributed by atoms with E-state index in [0.717, 1.165) is 23.1 Å². The SMILES string of the molecule is CCOC(=O)NC(=O)CSc1nc2sc(CC)cc2c(=O)n1CCCOC. The molecular formula is C17H23N3O5S2. The van der Waals surface area contributed by atoms with E-state index in [-0.39, 0.29) is 17.9 Å². The maximum atomic E-state index is 12.9. The van der Waals surface area contributed by atoms with Crippen LogP contribution in [0.4, 0.5) is 4.79 Å². The van der Waals surface area contributed by atoms with Gasteiger partial charge in [0.2, 0.25) is 5.91 Å². The summed E-state index contributed by atoms with van der Waals surface area (Å²) in [5, 5.41) is 3.18. The first-order valence-electron chi connectivity index (χ1n) is 8.61. The molecule has 10 heteroatoms. The van der Waals surface area contributed by atoms with Gasteiger partial charge in [0.1, 0.15) is 4.83 Å². The number of hydrogen-bond donors (Lipinski definition) is 1. The van der Waals surface area contributed by atoms with Crippen LogP contribution in [0.5, 0.6) is 0 Å². The average Bonchev–Trinajstić information content (AvgIpc) is 3.06. The summed E-state index contributed by atoms with van der Waals surface area (Å²) < 4.78 is 11.3. The quantitative estimate of drug-likeness (QED) is 0.383. The predicted octanol–water partition coefficient (Wildman–Crippen LogP) is 2.42. The molecule has 0 spiro atoms. The van der Waals surface area contributed by atoms with E-state index in [1.165, 1.54) is 11.3 Å². The molecule has 2 rings (SSSR count). The van der Waals surface area contributed by atoms with Gasteiger partial charge in [0.15, 0.2) is 5.16 Å². The van der Waals surface area contributed by atoms with Crippen molar-refractivity contribution in [2.24, 2.45) is 0 Å². The van der Waals surface area contributed by atoms with Crippen molar-refractivity contribution in [3.05, 3.63) is 21.3 Å². The normalized spacial score (nSPS) is 10.9. The number of nitrogens with one attached hydrogen (secondary N) is 1. The van der Waals surface area contributed by atoms with E-state index >= 15 is 0 Å². The third-order valence-electron chi connectivity index (χ3n) is 3.60. The molecule has 0 aliphatic heterocycles. The monoisotopic (exact) mass is 413 g/mol. The van der Waals surface area contributed by atoms with Crippen LogP contribution in [0.1, 0.15) is 25.1 Å². The van der Waals surface area contributed by atoms with Gasteiger partial charge >= 0.3 is 6.09 Å². The molecule has 0 aliphatic carbocycles. The Balaban J connectivity index is 2.23. The van der Waals surface area contributed by atoms with Crippen LogP contribution in [-0.4, -0.2) is 47.6 Å². The number of carbonyl (C=O) groups is 2. The van der Waals surface area contributed by atoms with Gasteiger partial charge < -0.3 is 9.47 Å². The number of fused-ring (bicyclic) bond motifs is 1. The molecule has 2 heterocycles. The van der Waals surface area contributed by atoms with Crippen LogP contribution < -0.4 is 10.9 Å². The highest BCUT2D eigenvalue weighted by atomic mass is 32.2. The van der Waals surface area contributed by atoms with Crippen molar-refractivity contribution < 1.29 is 19.1 Å². The Morgan fingerprint density at radius 2 is 2.15 bits per heavy atom. The summed E-state index contributed by atoms with van der Waals surface area (Å²) in [5.74, 6) is -0.552. The Morgan fingerprint density at radius 3 is 2.81 bits per heavy atom. The number of rotatable bonds is 9. The third-order valence-corrected chi connectivity index (χ3v) is 5.74. The van der Waals surface area contributed by atoms with Gasteiger partial charge in [-0.05, 0) is 25.8 Å². The van der Waals surface area contributed by atoms with Crippen LogP contribution in [0, 0.1) is 0 Å². The molecule has 1 N–H and O–H groups in total. The molecule has 2 amide bonds. The van der Waals surface area contributed by atoms with E-state index in [1.807, 2.05) is 13.0 Å². The lowest BCUT2D eigenvalue weighted by Gasteiger charge is -2.11. The Morgan fingerprint density at radius 1 is 1.37 bits per heavy atom. The van der Waals surface area contributed by atoms with Gasteiger partial charge in [-0.2, -0.15) is 0 Å². The summed E-state index contributed by atoms with van der Waals surface area (Å²) in [5.41, 5.74) is -0.125. The van der Waals surface area contributed by atoms with Crippen molar-refractivity contribution in [3.8, 4) is 0 Å². The van der Waals surface area contributed by atoms with Crippen LogP contribution in [0.3, 0.4) is 0 Å². The first-order chi connectivity index (χ1) is 13.0. The van der Waals surface area contributed by atoms with Gasteiger partial charge in [0.05, 0.1) is 17.7 Å². The van der Waals surface area contributed by atoms with Crippen molar-refractivity contribution in [1.82, 2.24) is 14.9 Å². The summed E-state index contributed by atoms with van der Waals surface area (Å²) in [6, 6.07) is 1.88. The van der Waals surface area contributed by atoms with Crippen LogP contribution in [0.2, 0.25) is 0 Å². The lowest BCUT2D eigenvalue weighted by Crippen LogP contribution is -2.32. The molecule has 2 aromatic rings. The summed E-state index contributed by atoms with van der Waals surface area (Å²) >= 11 is 2.59. The highest BCUT2D eigenvalue weighted by Gasteiger charge is 2.16. The number of aryl methyl sites for hydroxylation is 1. The van der Waals surface area contributed by atoms with Crippen molar-refractivity contribution >= 4 is 45.3 Å². The maximum Gasteiger partial charge on any atom is 0.413 e. The number of imide groups is 1. The van der Waals surface area contributed by atoms with Gasteiger partial charge in [0, 0.05) is 25.1 Å². The van der Waals surface area contributed by atoms with E-state index in [9.17, 15) is 14.4 Å². The van der Waals surface area contributed by atoms with Gasteiger partial charge in [0.25, 0.3) is 5.56 Å². The van der Waals surface area contributed by atoms with E-state index in [1.54, 1.807) is 18.6 Å². The fraction of sp³-hybridized carbons (Fsp3) is 0.529. The second-order valence-electron chi connectivity index (χ2n) is 5.54. The largest absolute Gasteiger partial charge is 0.450 e. The van der Waals surface area contributed by atoms with Crippen molar-refractivity contribution in [2.75, 3.05) is 26.1 Å². The molecular weight excluding hydrogens is 390 g/mol. The lowest BCUT2D eigenvalue weighted by molar-refractivity contribution is -0.117. The number of nitrogens with zero attached hydrogens (tertiary/aromatic N) is 2. The Labute approximate surface area is 165 Å². The molecule has 0 saturated heterocycles. The van der Waals surface area contributed by atoms with Gasteiger partial charge in [-0.1, -0.05) is 18.7 Å². The number of alkyl carbamates (subject to hydrolysis) is 1. The molecule has 8 nitrogen and oxygen atoms in total. The summed E-state index contributed by atoms with van der Waals surface area (Å²) in [7, 11) is 1.60. The number of aromatic nitrogens is 2. The van der Waals surface area contributed by atoms with Gasteiger partial charge in [-0.3, -0.25) is 19.5 Å². The molecule has 148 valence electrons. The topological polar surface area (TPSA) is 99.5 Å². The molecule has 0 bridgehead atoms. The molecule has 0 unspecified atom stereocenters.